The van der Waals surface area contributed by atoms with E-state index in [2.05, 4.69) is 5.32 Å². The molecule has 0 aromatic rings. The summed E-state index contributed by atoms with van der Waals surface area (Å²) in [5.74, 6) is 0.236. The number of hydrogen-bond acceptors (Lipinski definition) is 4. The topological polar surface area (TPSA) is 92.4 Å². The van der Waals surface area contributed by atoms with Gasteiger partial charge in [-0.2, -0.15) is 11.8 Å². The average Bonchev–Trinajstić information content (AvgIpc) is 2.09. The molecule has 0 heterocycles. The summed E-state index contributed by atoms with van der Waals surface area (Å²) in [5, 5.41) is 12.6. The van der Waals surface area contributed by atoms with Gasteiger partial charge in [0.15, 0.2) is 0 Å². The molecule has 17 heavy (non-hydrogen) atoms. The smallest absolute Gasteiger partial charge is 0.227 e. The summed E-state index contributed by atoms with van der Waals surface area (Å²) in [6.45, 7) is 6.83. The molecule has 0 unspecified atom stereocenters. The fourth-order valence-corrected chi connectivity index (χ4v) is 1.58. The Morgan fingerprint density at radius 1 is 1.29 bits per heavy atom. The van der Waals surface area contributed by atoms with Gasteiger partial charge >= 0.3 is 0 Å². The van der Waals surface area contributed by atoms with Crippen LogP contribution in [0.2, 0.25) is 0 Å². The second-order valence-corrected chi connectivity index (χ2v) is 6.11. The maximum Gasteiger partial charge on any atom is 0.227 e. The van der Waals surface area contributed by atoms with E-state index in [1.165, 1.54) is 11.8 Å². The number of carbonyl (C=O) groups is 2. The minimum atomic E-state index is -0.997. The lowest BCUT2D eigenvalue weighted by molar-refractivity contribution is -0.125. The Balaban J connectivity index is 3.98. The number of aliphatic hydroxyl groups is 1. The maximum absolute atomic E-state index is 11.6. The van der Waals surface area contributed by atoms with E-state index in [0.717, 1.165) is 0 Å². The second kappa shape index (κ2) is 6.26. The van der Waals surface area contributed by atoms with Gasteiger partial charge in [-0.3, -0.25) is 9.59 Å². The largest absolute Gasteiger partial charge is 0.388 e. The molecule has 0 aromatic heterocycles. The number of amides is 2. The van der Waals surface area contributed by atoms with Gasteiger partial charge in [0.2, 0.25) is 11.8 Å². The van der Waals surface area contributed by atoms with Gasteiger partial charge in [-0.15, -0.1) is 0 Å². The van der Waals surface area contributed by atoms with Gasteiger partial charge in [-0.05, 0) is 27.7 Å². The van der Waals surface area contributed by atoms with Crippen molar-refractivity contribution in [3.8, 4) is 0 Å². The SMILES string of the molecule is CC(C)(O)C(C)(C)NC(=O)CCSCC(N)=O. The number of hydrogen-bond donors (Lipinski definition) is 3. The molecule has 6 heteroatoms. The number of thioether (sulfide) groups is 1. The predicted octanol–water partition coefficient (Wildman–Crippen LogP) is 0.261. The monoisotopic (exact) mass is 262 g/mol. The van der Waals surface area contributed by atoms with E-state index < -0.39 is 11.1 Å². The molecule has 0 saturated carbocycles. The molecule has 0 aromatic carbocycles. The molecule has 0 spiro atoms. The zero-order valence-corrected chi connectivity index (χ0v) is 11.7. The number of nitrogens with two attached hydrogens (primary N) is 1. The van der Waals surface area contributed by atoms with Crippen LogP contribution in [0.1, 0.15) is 34.1 Å². The third kappa shape index (κ3) is 6.53. The zero-order valence-electron chi connectivity index (χ0n) is 10.9. The van der Waals surface area contributed by atoms with E-state index in [1.807, 2.05) is 0 Å². The van der Waals surface area contributed by atoms with Gasteiger partial charge in [-0.1, -0.05) is 0 Å². The van der Waals surface area contributed by atoms with Crippen LogP contribution in [0.25, 0.3) is 0 Å². The first kappa shape index (κ1) is 16.2. The Morgan fingerprint density at radius 3 is 2.24 bits per heavy atom. The molecule has 0 fully saturated rings. The molecule has 0 aliphatic rings. The van der Waals surface area contributed by atoms with Crippen molar-refractivity contribution in [3.63, 3.8) is 0 Å². The van der Waals surface area contributed by atoms with E-state index in [4.69, 9.17) is 5.73 Å². The van der Waals surface area contributed by atoms with Crippen molar-refractivity contribution in [2.75, 3.05) is 11.5 Å². The summed E-state index contributed by atoms with van der Waals surface area (Å²) in [6.07, 6.45) is 0.303. The van der Waals surface area contributed by atoms with Crippen molar-refractivity contribution >= 4 is 23.6 Å². The summed E-state index contributed by atoms with van der Waals surface area (Å²) in [7, 11) is 0. The standard InChI is InChI=1S/C11H22N2O3S/c1-10(2,11(3,4)16)13-9(15)5-6-17-7-8(12)14/h16H,5-7H2,1-4H3,(H2,12,14)(H,13,15). The first-order valence-corrected chi connectivity index (χ1v) is 6.61. The summed E-state index contributed by atoms with van der Waals surface area (Å²) < 4.78 is 0. The first-order chi connectivity index (χ1) is 7.56. The van der Waals surface area contributed by atoms with E-state index >= 15 is 0 Å². The van der Waals surface area contributed by atoms with Crippen molar-refractivity contribution in [2.45, 2.75) is 45.3 Å². The Bertz CT molecular complexity index is 285. The normalized spacial score (nSPS) is 12.3. The van der Waals surface area contributed by atoms with Crippen molar-refractivity contribution in [3.05, 3.63) is 0 Å². The zero-order chi connectivity index (χ0) is 13.7. The molecule has 0 atom stereocenters. The molecule has 100 valence electrons. The van der Waals surface area contributed by atoms with Crippen molar-refractivity contribution < 1.29 is 14.7 Å². The minimum absolute atomic E-state index is 0.144. The predicted molar refractivity (Wildman–Crippen MR) is 69.7 cm³/mol. The Morgan fingerprint density at radius 2 is 1.82 bits per heavy atom. The molecule has 0 radical (unpaired) electrons. The van der Waals surface area contributed by atoms with Crippen LogP contribution in [0.5, 0.6) is 0 Å². The molecule has 0 aliphatic heterocycles. The highest BCUT2D eigenvalue weighted by Crippen LogP contribution is 2.20. The lowest BCUT2D eigenvalue weighted by Gasteiger charge is -2.38. The second-order valence-electron chi connectivity index (χ2n) is 5.00. The molecule has 0 aliphatic carbocycles. The van der Waals surface area contributed by atoms with Crippen LogP contribution in [0.4, 0.5) is 0 Å². The van der Waals surface area contributed by atoms with Gasteiger partial charge in [0.25, 0.3) is 0 Å². The summed E-state index contributed by atoms with van der Waals surface area (Å²) in [4.78, 5) is 22.1. The van der Waals surface area contributed by atoms with Crippen LogP contribution >= 0.6 is 11.8 Å². The highest BCUT2D eigenvalue weighted by molar-refractivity contribution is 7.99. The molecular formula is C11H22N2O3S. The van der Waals surface area contributed by atoms with Crippen LogP contribution in [-0.2, 0) is 9.59 Å². The Kier molecular flexibility index (Phi) is 5.98. The molecule has 5 nitrogen and oxygen atoms in total. The van der Waals surface area contributed by atoms with Gasteiger partial charge in [-0.25, -0.2) is 0 Å². The number of rotatable bonds is 7. The van der Waals surface area contributed by atoms with Gasteiger partial charge in [0, 0.05) is 12.2 Å². The highest BCUT2D eigenvalue weighted by atomic mass is 32.2. The Hall–Kier alpha value is -0.750. The molecule has 0 saturated heterocycles. The molecule has 2 amide bonds. The first-order valence-electron chi connectivity index (χ1n) is 5.45. The van der Waals surface area contributed by atoms with Crippen LogP contribution < -0.4 is 11.1 Å². The van der Waals surface area contributed by atoms with Crippen LogP contribution in [0.15, 0.2) is 0 Å². The van der Waals surface area contributed by atoms with E-state index in [9.17, 15) is 14.7 Å². The molecule has 0 bridgehead atoms. The van der Waals surface area contributed by atoms with Crippen molar-refractivity contribution in [1.82, 2.24) is 5.32 Å². The third-order valence-corrected chi connectivity index (χ3v) is 3.68. The van der Waals surface area contributed by atoms with Crippen LogP contribution in [-0.4, -0.2) is 39.6 Å². The highest BCUT2D eigenvalue weighted by Gasteiger charge is 2.35. The van der Waals surface area contributed by atoms with Crippen LogP contribution in [0.3, 0.4) is 0 Å². The lowest BCUT2D eigenvalue weighted by Crippen LogP contribution is -2.57. The molecule has 0 rings (SSSR count). The molecule has 4 N–H and O–H groups in total. The Labute approximate surface area is 107 Å². The van der Waals surface area contributed by atoms with Crippen molar-refractivity contribution in [2.24, 2.45) is 5.73 Å². The van der Waals surface area contributed by atoms with Crippen LogP contribution in [0, 0.1) is 0 Å². The van der Waals surface area contributed by atoms with E-state index in [-0.39, 0.29) is 17.6 Å². The summed E-state index contributed by atoms with van der Waals surface area (Å²) >= 11 is 1.33. The maximum atomic E-state index is 11.6. The van der Waals surface area contributed by atoms with Crippen molar-refractivity contribution in [1.29, 1.82) is 0 Å². The number of nitrogens with one attached hydrogen (secondary N) is 1. The fourth-order valence-electron chi connectivity index (χ4n) is 0.902. The van der Waals surface area contributed by atoms with E-state index in [0.29, 0.717) is 12.2 Å². The van der Waals surface area contributed by atoms with Gasteiger partial charge in [0.05, 0.1) is 16.9 Å². The van der Waals surface area contributed by atoms with Gasteiger partial charge in [0.1, 0.15) is 0 Å². The summed E-state index contributed by atoms with van der Waals surface area (Å²) in [5.41, 5.74) is 3.28. The van der Waals surface area contributed by atoms with E-state index in [1.54, 1.807) is 27.7 Å². The minimum Gasteiger partial charge on any atom is -0.388 e. The number of primary amides is 1. The lowest BCUT2D eigenvalue weighted by atomic mass is 9.86. The summed E-state index contributed by atoms with van der Waals surface area (Å²) in [6, 6.07) is 0. The quantitative estimate of drug-likeness (QED) is 0.574. The third-order valence-electron chi connectivity index (χ3n) is 2.70. The molecular weight excluding hydrogens is 240 g/mol. The van der Waals surface area contributed by atoms with Gasteiger partial charge < -0.3 is 16.2 Å². The number of carbonyl (C=O) groups excluding carboxylic acids is 2. The fraction of sp³-hybridized carbons (Fsp3) is 0.818. The average molecular weight is 262 g/mol.